The van der Waals surface area contributed by atoms with Crippen LogP contribution in [-0.2, 0) is 32.5 Å². The maximum atomic E-state index is 12.8. The summed E-state index contributed by atoms with van der Waals surface area (Å²) in [6.45, 7) is 2.81. The smallest absolute Gasteiger partial charge is 0.491 e. The van der Waals surface area contributed by atoms with Crippen LogP contribution >= 0.6 is 0 Å². The fourth-order valence-electron chi connectivity index (χ4n) is 3.00. The number of sulfonamides is 1. The lowest BCUT2D eigenvalue weighted by Gasteiger charge is -2.12. The Balaban J connectivity index is 1.77. The van der Waals surface area contributed by atoms with Gasteiger partial charge in [-0.25, -0.2) is 8.42 Å². The van der Waals surface area contributed by atoms with E-state index in [4.69, 9.17) is 4.65 Å². The summed E-state index contributed by atoms with van der Waals surface area (Å²) in [5.41, 5.74) is 1.81. The largest absolute Gasteiger partial charge is 0.508 e. The number of carbonyl (C=O) groups excluding carboxylic acids is 1. The summed E-state index contributed by atoms with van der Waals surface area (Å²) in [7, 11) is -5.04. The molecule has 2 aromatic carbocycles. The zero-order chi connectivity index (χ0) is 21.0. The maximum Gasteiger partial charge on any atom is 0.491 e. The lowest BCUT2D eigenvalue weighted by Crippen LogP contribution is -2.28. The predicted molar refractivity (Wildman–Crippen MR) is 109 cm³/mol. The van der Waals surface area contributed by atoms with E-state index in [0.717, 1.165) is 18.4 Å². The highest BCUT2D eigenvalue weighted by Crippen LogP contribution is 2.24. The molecule has 0 aromatic heterocycles. The van der Waals surface area contributed by atoms with Crippen LogP contribution < -0.4 is 15.5 Å². The lowest BCUT2D eigenvalue weighted by molar-refractivity contribution is -0.120. The number of nitrogens with one attached hydrogen (secondary N) is 2. The van der Waals surface area contributed by atoms with Crippen LogP contribution in [0.2, 0.25) is 0 Å². The maximum absolute atomic E-state index is 12.8. The summed E-state index contributed by atoms with van der Waals surface area (Å²) >= 11 is 0. The summed E-state index contributed by atoms with van der Waals surface area (Å²) in [6.07, 6.45) is 1.66. The molecule has 0 atom stereocenters. The second-order valence-electron chi connectivity index (χ2n) is 6.85. The summed E-state index contributed by atoms with van der Waals surface area (Å²) in [5.74, 6) is -0.434. The summed E-state index contributed by atoms with van der Waals surface area (Å²) in [5, 5.41) is 22.5. The quantitative estimate of drug-likeness (QED) is 0.373. The van der Waals surface area contributed by atoms with Gasteiger partial charge in [0, 0.05) is 17.8 Å². The molecule has 0 unspecified atom stereocenters. The average Bonchev–Trinajstić information content (AvgIpc) is 3.04. The number of benzene rings is 2. The van der Waals surface area contributed by atoms with E-state index in [2.05, 4.69) is 10.0 Å². The molecule has 1 aliphatic rings. The second kappa shape index (κ2) is 8.85. The zero-order valence-electron chi connectivity index (χ0n) is 16.0. The molecular weight excluding hydrogens is 395 g/mol. The summed E-state index contributed by atoms with van der Waals surface area (Å²) < 4.78 is 33.1. The molecule has 1 heterocycles. The Bertz CT molecular complexity index is 1010. The molecule has 8 nitrogen and oxygen atoms in total. The Morgan fingerprint density at radius 3 is 2.79 bits per heavy atom. The molecule has 29 heavy (non-hydrogen) atoms. The molecule has 2 aromatic rings. The van der Waals surface area contributed by atoms with E-state index in [1.165, 1.54) is 24.3 Å². The van der Waals surface area contributed by atoms with Gasteiger partial charge >= 0.3 is 7.12 Å². The molecule has 10 heteroatoms. The number of hydrogen-bond donors (Lipinski definition) is 4. The third-order valence-corrected chi connectivity index (χ3v) is 6.00. The monoisotopic (exact) mass is 418 g/mol. The number of phenols is 1. The van der Waals surface area contributed by atoms with Crippen molar-refractivity contribution in [2.75, 3.05) is 11.3 Å². The molecule has 0 bridgehead atoms. The Kier molecular flexibility index (Phi) is 6.46. The van der Waals surface area contributed by atoms with Crippen molar-refractivity contribution in [3.63, 3.8) is 0 Å². The van der Waals surface area contributed by atoms with E-state index in [0.29, 0.717) is 12.0 Å². The van der Waals surface area contributed by atoms with Crippen molar-refractivity contribution in [3.8, 4) is 5.75 Å². The van der Waals surface area contributed by atoms with Gasteiger partial charge in [0.25, 0.3) is 10.0 Å². The number of unbranched alkanes of at least 4 members (excludes halogenated alkanes) is 1. The topological polar surface area (TPSA) is 125 Å². The molecule has 0 radical (unpaired) electrons. The van der Waals surface area contributed by atoms with Crippen molar-refractivity contribution < 1.29 is 28.0 Å². The van der Waals surface area contributed by atoms with Crippen molar-refractivity contribution in [1.29, 1.82) is 0 Å². The van der Waals surface area contributed by atoms with Gasteiger partial charge < -0.3 is 20.1 Å². The van der Waals surface area contributed by atoms with Crippen LogP contribution in [0, 0.1) is 0 Å². The van der Waals surface area contributed by atoms with Crippen LogP contribution in [0.3, 0.4) is 0 Å². The third-order valence-electron chi connectivity index (χ3n) is 4.63. The van der Waals surface area contributed by atoms with E-state index in [1.54, 1.807) is 12.1 Å². The van der Waals surface area contributed by atoms with Crippen LogP contribution in [0.1, 0.15) is 30.9 Å². The number of rotatable bonds is 8. The number of aromatic hydroxyl groups is 1. The SMILES string of the molecule is CCCCNC(=O)Cc1cc(S(=O)(=O)Nc2ccc3c(c2)B(O)OC3)ccc1O. The number of phenolic OH excluding ortho intramolecular Hbond substituents is 1. The molecule has 0 saturated carbocycles. The normalized spacial score (nSPS) is 13.2. The highest BCUT2D eigenvalue weighted by Gasteiger charge is 2.28. The number of amides is 1. The van der Waals surface area contributed by atoms with Gasteiger partial charge in [-0.05, 0) is 47.8 Å². The first kappa shape index (κ1) is 21.2. The van der Waals surface area contributed by atoms with Crippen LogP contribution in [0.5, 0.6) is 5.75 Å². The highest BCUT2D eigenvalue weighted by atomic mass is 32.2. The minimum Gasteiger partial charge on any atom is -0.508 e. The molecule has 154 valence electrons. The van der Waals surface area contributed by atoms with Crippen LogP contribution in [0.25, 0.3) is 0 Å². The van der Waals surface area contributed by atoms with E-state index < -0.39 is 17.1 Å². The van der Waals surface area contributed by atoms with Gasteiger partial charge in [0.05, 0.1) is 17.9 Å². The fraction of sp³-hybridized carbons (Fsp3) is 0.316. The molecular formula is C19H23BN2O6S. The molecule has 0 fully saturated rings. The van der Waals surface area contributed by atoms with Gasteiger partial charge in [-0.15, -0.1) is 0 Å². The Morgan fingerprint density at radius 2 is 2.03 bits per heavy atom. The molecule has 4 N–H and O–H groups in total. The zero-order valence-corrected chi connectivity index (χ0v) is 16.8. The minimum absolute atomic E-state index is 0.0797. The lowest BCUT2D eigenvalue weighted by atomic mass is 9.79. The average molecular weight is 418 g/mol. The van der Waals surface area contributed by atoms with Crippen molar-refractivity contribution >= 4 is 34.2 Å². The highest BCUT2D eigenvalue weighted by molar-refractivity contribution is 7.92. The van der Waals surface area contributed by atoms with E-state index in [1.807, 2.05) is 6.92 Å². The Hall–Kier alpha value is -2.56. The standard InChI is InChI=1S/C19H23BN2O6S/c1-2-3-8-21-19(24)10-14-9-16(6-7-18(14)23)29(26,27)22-15-5-4-13-12-28-20(25)17(13)11-15/h4-7,9,11,22-23,25H,2-3,8,10,12H2,1H3,(H,21,24). The van der Waals surface area contributed by atoms with E-state index in [9.17, 15) is 23.3 Å². The number of fused-ring (bicyclic) bond motifs is 1. The van der Waals surface area contributed by atoms with Crippen LogP contribution in [0.15, 0.2) is 41.3 Å². The number of carbonyl (C=O) groups is 1. The predicted octanol–water partition coefficient (Wildman–Crippen LogP) is 0.869. The number of hydrogen-bond acceptors (Lipinski definition) is 6. The van der Waals surface area contributed by atoms with Crippen LogP contribution in [0.4, 0.5) is 5.69 Å². The minimum atomic E-state index is -3.96. The van der Waals surface area contributed by atoms with Crippen LogP contribution in [-0.4, -0.2) is 38.1 Å². The third kappa shape index (κ3) is 5.09. The molecule has 0 aliphatic carbocycles. The van der Waals surface area contributed by atoms with Crippen molar-refractivity contribution in [2.24, 2.45) is 0 Å². The first-order valence-electron chi connectivity index (χ1n) is 9.34. The molecule has 1 amide bonds. The fourth-order valence-corrected chi connectivity index (χ4v) is 4.10. The Labute approximate surface area is 170 Å². The van der Waals surface area contributed by atoms with Gasteiger partial charge in [-0.3, -0.25) is 9.52 Å². The summed E-state index contributed by atoms with van der Waals surface area (Å²) in [4.78, 5) is 11.9. The van der Waals surface area contributed by atoms with Crippen molar-refractivity contribution in [2.45, 2.75) is 37.7 Å². The molecule has 1 aliphatic heterocycles. The van der Waals surface area contributed by atoms with Gasteiger partial charge in [-0.2, -0.15) is 0 Å². The molecule has 3 rings (SSSR count). The second-order valence-corrected chi connectivity index (χ2v) is 8.54. The molecule has 0 spiro atoms. The van der Waals surface area contributed by atoms with E-state index >= 15 is 0 Å². The number of anilines is 1. The summed E-state index contributed by atoms with van der Waals surface area (Å²) in [6, 6.07) is 8.59. The van der Waals surface area contributed by atoms with Gasteiger partial charge in [0.1, 0.15) is 5.75 Å². The first-order valence-corrected chi connectivity index (χ1v) is 10.8. The van der Waals surface area contributed by atoms with E-state index in [-0.39, 0.29) is 40.8 Å². The van der Waals surface area contributed by atoms with Crippen molar-refractivity contribution in [1.82, 2.24) is 5.32 Å². The van der Waals surface area contributed by atoms with Gasteiger partial charge in [0.2, 0.25) is 5.91 Å². The van der Waals surface area contributed by atoms with Gasteiger partial charge in [0.15, 0.2) is 0 Å². The van der Waals surface area contributed by atoms with Gasteiger partial charge in [-0.1, -0.05) is 19.4 Å². The van der Waals surface area contributed by atoms with Crippen molar-refractivity contribution in [3.05, 3.63) is 47.5 Å². The molecule has 0 saturated heterocycles. The first-order chi connectivity index (χ1) is 13.8. The Morgan fingerprint density at radius 1 is 1.24 bits per heavy atom.